The van der Waals surface area contributed by atoms with Gasteiger partial charge in [-0.05, 0) is 18.2 Å². The summed E-state index contributed by atoms with van der Waals surface area (Å²) < 4.78 is 5.49. The summed E-state index contributed by atoms with van der Waals surface area (Å²) >= 11 is 1.40. The van der Waals surface area contributed by atoms with E-state index in [1.54, 1.807) is 12.1 Å². The Bertz CT molecular complexity index is 658. The number of aromatic hydroxyl groups is 1. The summed E-state index contributed by atoms with van der Waals surface area (Å²) in [6, 6.07) is 7.55. The summed E-state index contributed by atoms with van der Waals surface area (Å²) in [5.74, 6) is 1.14. The van der Waals surface area contributed by atoms with E-state index in [1.807, 2.05) is 11.4 Å². The van der Waals surface area contributed by atoms with Crippen LogP contribution in [0.1, 0.15) is 16.0 Å². The SMILES string of the molecule is N#Cc1cc(NCc2cc3c(cc2O)CCO3)cs1. The zero-order chi connectivity index (χ0) is 13.2. The van der Waals surface area contributed by atoms with Crippen molar-refractivity contribution in [2.75, 3.05) is 11.9 Å². The lowest BCUT2D eigenvalue weighted by atomic mass is 10.1. The van der Waals surface area contributed by atoms with Crippen molar-refractivity contribution in [3.05, 3.63) is 39.6 Å². The largest absolute Gasteiger partial charge is 0.508 e. The van der Waals surface area contributed by atoms with Gasteiger partial charge in [0.05, 0.1) is 6.61 Å². The highest BCUT2D eigenvalue weighted by Crippen LogP contribution is 2.32. The number of phenols is 1. The standard InChI is InChI=1S/C14H12N2O2S/c15-6-12-5-11(8-19-12)16-7-10-4-14-9(1-2-18-14)3-13(10)17/h3-5,8,16-17H,1-2,7H2. The van der Waals surface area contributed by atoms with Crippen LogP contribution in [0.2, 0.25) is 0 Å². The van der Waals surface area contributed by atoms with Crippen LogP contribution in [-0.4, -0.2) is 11.7 Å². The highest BCUT2D eigenvalue weighted by Gasteiger charge is 2.15. The summed E-state index contributed by atoms with van der Waals surface area (Å²) in [7, 11) is 0. The monoisotopic (exact) mass is 272 g/mol. The molecule has 5 heteroatoms. The van der Waals surface area contributed by atoms with E-state index in [1.165, 1.54) is 11.3 Å². The zero-order valence-corrected chi connectivity index (χ0v) is 11.0. The van der Waals surface area contributed by atoms with E-state index in [0.29, 0.717) is 18.0 Å². The number of nitrogens with one attached hydrogen (secondary N) is 1. The van der Waals surface area contributed by atoms with Crippen molar-refractivity contribution in [3.63, 3.8) is 0 Å². The number of hydrogen-bond donors (Lipinski definition) is 2. The third-order valence-corrected chi connectivity index (χ3v) is 3.92. The van der Waals surface area contributed by atoms with Gasteiger partial charge in [0.15, 0.2) is 0 Å². The van der Waals surface area contributed by atoms with E-state index in [4.69, 9.17) is 10.00 Å². The molecule has 3 rings (SSSR count). The fourth-order valence-electron chi connectivity index (χ4n) is 2.08. The maximum Gasteiger partial charge on any atom is 0.123 e. The van der Waals surface area contributed by atoms with E-state index in [0.717, 1.165) is 29.0 Å². The minimum absolute atomic E-state index is 0.285. The summed E-state index contributed by atoms with van der Waals surface area (Å²) in [4.78, 5) is 0.670. The Balaban J connectivity index is 1.75. The van der Waals surface area contributed by atoms with E-state index in [9.17, 15) is 5.11 Å². The molecule has 0 saturated heterocycles. The topological polar surface area (TPSA) is 65.3 Å². The van der Waals surface area contributed by atoms with E-state index >= 15 is 0 Å². The average molecular weight is 272 g/mol. The Morgan fingerprint density at radius 1 is 1.42 bits per heavy atom. The molecule has 1 aliphatic heterocycles. The van der Waals surface area contributed by atoms with Gasteiger partial charge in [-0.25, -0.2) is 0 Å². The Hall–Kier alpha value is -2.19. The third-order valence-electron chi connectivity index (χ3n) is 3.08. The van der Waals surface area contributed by atoms with Gasteiger partial charge < -0.3 is 15.2 Å². The van der Waals surface area contributed by atoms with Crippen LogP contribution >= 0.6 is 11.3 Å². The van der Waals surface area contributed by atoms with Crippen molar-refractivity contribution in [1.29, 1.82) is 5.26 Å². The number of fused-ring (bicyclic) bond motifs is 1. The number of hydrogen-bond acceptors (Lipinski definition) is 5. The van der Waals surface area contributed by atoms with Gasteiger partial charge in [-0.1, -0.05) is 0 Å². The summed E-state index contributed by atoms with van der Waals surface area (Å²) in [5, 5.41) is 23.8. The highest BCUT2D eigenvalue weighted by atomic mass is 32.1. The zero-order valence-electron chi connectivity index (χ0n) is 10.1. The fraction of sp³-hybridized carbons (Fsp3) is 0.214. The van der Waals surface area contributed by atoms with Crippen LogP contribution < -0.4 is 10.1 Å². The van der Waals surface area contributed by atoms with Crippen LogP contribution in [-0.2, 0) is 13.0 Å². The van der Waals surface area contributed by atoms with Crippen molar-refractivity contribution in [2.24, 2.45) is 0 Å². The van der Waals surface area contributed by atoms with Gasteiger partial charge in [0, 0.05) is 35.2 Å². The number of benzene rings is 1. The van der Waals surface area contributed by atoms with E-state index in [2.05, 4.69) is 11.4 Å². The molecule has 2 N–H and O–H groups in total. The second-order valence-electron chi connectivity index (χ2n) is 4.35. The molecule has 0 amide bonds. The van der Waals surface area contributed by atoms with Crippen molar-refractivity contribution >= 4 is 17.0 Å². The lowest BCUT2D eigenvalue weighted by molar-refractivity contribution is 0.356. The van der Waals surface area contributed by atoms with Crippen LogP contribution in [0.4, 0.5) is 5.69 Å². The second-order valence-corrected chi connectivity index (χ2v) is 5.26. The number of nitrogens with zero attached hydrogens (tertiary/aromatic N) is 1. The van der Waals surface area contributed by atoms with Crippen molar-refractivity contribution in [3.8, 4) is 17.6 Å². The van der Waals surface area contributed by atoms with Crippen molar-refractivity contribution in [1.82, 2.24) is 0 Å². The Labute approximate surface area is 114 Å². The first kappa shape index (κ1) is 11.9. The Kier molecular flexibility index (Phi) is 3.02. The van der Waals surface area contributed by atoms with Crippen LogP contribution in [0.3, 0.4) is 0 Å². The average Bonchev–Trinajstić information content (AvgIpc) is 3.03. The summed E-state index contributed by atoms with van der Waals surface area (Å²) in [6.07, 6.45) is 0.854. The number of ether oxygens (including phenoxy) is 1. The smallest absolute Gasteiger partial charge is 0.123 e. The van der Waals surface area contributed by atoms with Gasteiger partial charge >= 0.3 is 0 Å². The molecule has 0 radical (unpaired) electrons. The molecule has 0 atom stereocenters. The number of phenolic OH excluding ortho intramolecular Hbond substituents is 1. The Morgan fingerprint density at radius 3 is 3.11 bits per heavy atom. The van der Waals surface area contributed by atoms with Crippen LogP contribution in [0.25, 0.3) is 0 Å². The number of anilines is 1. The molecule has 0 saturated carbocycles. The third kappa shape index (κ3) is 2.35. The lowest BCUT2D eigenvalue weighted by Crippen LogP contribution is -1.99. The molecular formula is C14H12N2O2S. The van der Waals surface area contributed by atoms with E-state index in [-0.39, 0.29) is 5.75 Å². The van der Waals surface area contributed by atoms with Gasteiger partial charge in [0.1, 0.15) is 22.4 Å². The molecule has 0 unspecified atom stereocenters. The molecule has 1 aromatic heterocycles. The van der Waals surface area contributed by atoms with Crippen LogP contribution in [0, 0.1) is 11.3 Å². The van der Waals surface area contributed by atoms with Gasteiger partial charge in [-0.3, -0.25) is 0 Å². The van der Waals surface area contributed by atoms with Gasteiger partial charge in [0.2, 0.25) is 0 Å². The first-order valence-electron chi connectivity index (χ1n) is 5.96. The first-order valence-corrected chi connectivity index (χ1v) is 6.84. The Morgan fingerprint density at radius 2 is 2.32 bits per heavy atom. The molecule has 2 heterocycles. The normalized spacial score (nSPS) is 12.6. The van der Waals surface area contributed by atoms with Crippen molar-refractivity contribution < 1.29 is 9.84 Å². The molecule has 19 heavy (non-hydrogen) atoms. The second kappa shape index (κ2) is 4.82. The number of thiophene rings is 1. The molecule has 1 aliphatic rings. The molecule has 96 valence electrons. The van der Waals surface area contributed by atoms with Crippen molar-refractivity contribution in [2.45, 2.75) is 13.0 Å². The minimum Gasteiger partial charge on any atom is -0.508 e. The molecule has 0 fully saturated rings. The molecule has 2 aromatic rings. The maximum atomic E-state index is 9.96. The van der Waals surface area contributed by atoms with Gasteiger partial charge in [-0.2, -0.15) is 5.26 Å². The predicted octanol–water partition coefficient (Wildman–Crippen LogP) is 2.87. The minimum atomic E-state index is 0.285. The van der Waals surface area contributed by atoms with Gasteiger partial charge in [-0.15, -0.1) is 11.3 Å². The highest BCUT2D eigenvalue weighted by molar-refractivity contribution is 7.11. The molecule has 0 bridgehead atoms. The molecule has 1 aromatic carbocycles. The lowest BCUT2D eigenvalue weighted by Gasteiger charge is -2.08. The maximum absolute atomic E-state index is 9.96. The molecule has 4 nitrogen and oxygen atoms in total. The van der Waals surface area contributed by atoms with Crippen LogP contribution in [0.15, 0.2) is 23.6 Å². The molecule has 0 spiro atoms. The summed E-state index contributed by atoms with van der Waals surface area (Å²) in [5.41, 5.74) is 2.75. The molecular weight excluding hydrogens is 260 g/mol. The fourth-order valence-corrected chi connectivity index (χ4v) is 2.73. The van der Waals surface area contributed by atoms with E-state index < -0.39 is 0 Å². The van der Waals surface area contributed by atoms with Crippen LogP contribution in [0.5, 0.6) is 11.5 Å². The summed E-state index contributed by atoms with van der Waals surface area (Å²) in [6.45, 7) is 1.19. The molecule has 0 aliphatic carbocycles. The number of rotatable bonds is 3. The predicted molar refractivity (Wildman–Crippen MR) is 73.7 cm³/mol. The number of nitriles is 1. The quantitative estimate of drug-likeness (QED) is 0.901. The van der Waals surface area contributed by atoms with Gasteiger partial charge in [0.25, 0.3) is 0 Å². The first-order chi connectivity index (χ1) is 9.26.